The number of benzene rings is 1. The van der Waals surface area contributed by atoms with Gasteiger partial charge in [-0.1, -0.05) is 23.4 Å². The van der Waals surface area contributed by atoms with Crippen LogP contribution in [0.25, 0.3) is 11.4 Å². The number of para-hydroxylation sites is 1. The van der Waals surface area contributed by atoms with Gasteiger partial charge in [0, 0.05) is 42.9 Å². The summed E-state index contributed by atoms with van der Waals surface area (Å²) in [7, 11) is 0. The predicted octanol–water partition coefficient (Wildman–Crippen LogP) is 3.17. The second-order valence-corrected chi connectivity index (χ2v) is 6.30. The van der Waals surface area contributed by atoms with Crippen molar-refractivity contribution in [3.05, 3.63) is 60.2 Å². The SMILES string of the molecule is CC(C)Oc1ccccc1CNC(=O)CCc1nc(-c2cccnc2)no1. The molecular formula is C20H22N4O3. The molecule has 0 atom stereocenters. The number of pyridine rings is 1. The molecule has 0 saturated carbocycles. The predicted molar refractivity (Wildman–Crippen MR) is 99.9 cm³/mol. The number of nitrogens with one attached hydrogen (secondary N) is 1. The van der Waals surface area contributed by atoms with E-state index in [0.717, 1.165) is 16.9 Å². The first kappa shape index (κ1) is 18.6. The Labute approximate surface area is 157 Å². The van der Waals surface area contributed by atoms with Gasteiger partial charge in [-0.3, -0.25) is 9.78 Å². The molecule has 1 aromatic carbocycles. The molecule has 0 saturated heterocycles. The lowest BCUT2D eigenvalue weighted by atomic mass is 10.2. The minimum Gasteiger partial charge on any atom is -0.491 e. The molecule has 7 heteroatoms. The molecule has 0 bridgehead atoms. The highest BCUT2D eigenvalue weighted by Crippen LogP contribution is 2.19. The van der Waals surface area contributed by atoms with E-state index in [1.165, 1.54) is 0 Å². The number of hydrogen-bond acceptors (Lipinski definition) is 6. The molecule has 0 aliphatic carbocycles. The van der Waals surface area contributed by atoms with Crippen LogP contribution < -0.4 is 10.1 Å². The molecule has 0 radical (unpaired) electrons. The molecule has 0 fully saturated rings. The maximum Gasteiger partial charge on any atom is 0.227 e. The topological polar surface area (TPSA) is 90.1 Å². The minimum atomic E-state index is -0.0875. The van der Waals surface area contributed by atoms with E-state index in [2.05, 4.69) is 20.4 Å². The summed E-state index contributed by atoms with van der Waals surface area (Å²) in [5, 5.41) is 6.83. The van der Waals surface area contributed by atoms with Gasteiger partial charge in [0.1, 0.15) is 5.75 Å². The first-order valence-electron chi connectivity index (χ1n) is 8.86. The van der Waals surface area contributed by atoms with Crippen LogP contribution in [0.15, 0.2) is 53.3 Å². The van der Waals surface area contributed by atoms with Gasteiger partial charge >= 0.3 is 0 Å². The van der Waals surface area contributed by atoms with E-state index in [4.69, 9.17) is 9.26 Å². The Bertz CT molecular complexity index is 878. The average molecular weight is 366 g/mol. The number of aromatic nitrogens is 3. The van der Waals surface area contributed by atoms with Gasteiger partial charge in [-0.25, -0.2) is 0 Å². The Morgan fingerprint density at radius 1 is 1.22 bits per heavy atom. The second kappa shape index (κ2) is 8.93. The molecule has 0 aliphatic heterocycles. The van der Waals surface area contributed by atoms with Gasteiger partial charge in [-0.15, -0.1) is 0 Å². The van der Waals surface area contributed by atoms with Crippen molar-refractivity contribution < 1.29 is 14.1 Å². The number of nitrogens with zero attached hydrogens (tertiary/aromatic N) is 3. The van der Waals surface area contributed by atoms with E-state index >= 15 is 0 Å². The fraction of sp³-hybridized carbons (Fsp3) is 0.300. The zero-order chi connectivity index (χ0) is 19.1. The van der Waals surface area contributed by atoms with Gasteiger partial charge in [-0.05, 0) is 32.0 Å². The zero-order valence-corrected chi connectivity index (χ0v) is 15.4. The monoisotopic (exact) mass is 366 g/mol. The molecule has 0 aliphatic rings. The van der Waals surface area contributed by atoms with Gasteiger partial charge in [0.05, 0.1) is 6.10 Å². The molecule has 3 aromatic rings. The van der Waals surface area contributed by atoms with E-state index in [0.29, 0.717) is 24.7 Å². The number of ether oxygens (including phenoxy) is 1. The standard InChI is InChI=1S/C20H22N4O3/c1-14(2)26-17-8-4-3-6-15(17)13-22-18(25)9-10-19-23-20(24-27-19)16-7-5-11-21-12-16/h3-8,11-12,14H,9-10,13H2,1-2H3,(H,22,25). The summed E-state index contributed by atoms with van der Waals surface area (Å²) in [5.74, 6) is 1.59. The molecule has 140 valence electrons. The lowest BCUT2D eigenvalue weighted by molar-refractivity contribution is -0.121. The third kappa shape index (κ3) is 5.37. The molecule has 2 heterocycles. The van der Waals surface area contributed by atoms with E-state index in [-0.39, 0.29) is 18.4 Å². The smallest absolute Gasteiger partial charge is 0.227 e. The number of rotatable bonds is 8. The van der Waals surface area contributed by atoms with Crippen molar-refractivity contribution >= 4 is 5.91 Å². The molecular weight excluding hydrogens is 344 g/mol. The van der Waals surface area contributed by atoms with Crippen molar-refractivity contribution in [1.82, 2.24) is 20.4 Å². The van der Waals surface area contributed by atoms with Crippen molar-refractivity contribution in [2.45, 2.75) is 39.3 Å². The average Bonchev–Trinajstić information content (AvgIpc) is 3.15. The maximum atomic E-state index is 12.1. The quantitative estimate of drug-likeness (QED) is 0.658. The van der Waals surface area contributed by atoms with Crippen LogP contribution >= 0.6 is 0 Å². The van der Waals surface area contributed by atoms with Gasteiger partial charge in [0.15, 0.2) is 0 Å². The summed E-state index contributed by atoms with van der Waals surface area (Å²) in [6, 6.07) is 11.3. The minimum absolute atomic E-state index is 0.0772. The summed E-state index contributed by atoms with van der Waals surface area (Å²) in [6.07, 6.45) is 4.07. The van der Waals surface area contributed by atoms with Crippen LogP contribution in [0, 0.1) is 0 Å². The van der Waals surface area contributed by atoms with Crippen LogP contribution in [0.5, 0.6) is 5.75 Å². The van der Waals surface area contributed by atoms with Crippen molar-refractivity contribution in [3.63, 3.8) is 0 Å². The second-order valence-electron chi connectivity index (χ2n) is 6.30. The molecule has 2 aromatic heterocycles. The van der Waals surface area contributed by atoms with Crippen LogP contribution in [-0.4, -0.2) is 27.1 Å². The Morgan fingerprint density at radius 3 is 2.85 bits per heavy atom. The van der Waals surface area contributed by atoms with Crippen molar-refractivity contribution in [3.8, 4) is 17.1 Å². The molecule has 1 N–H and O–H groups in total. The first-order chi connectivity index (χ1) is 13.1. The van der Waals surface area contributed by atoms with Gasteiger partial charge in [0.2, 0.25) is 17.6 Å². The molecule has 0 spiro atoms. The fourth-order valence-electron chi connectivity index (χ4n) is 2.49. The zero-order valence-electron chi connectivity index (χ0n) is 15.4. The van der Waals surface area contributed by atoms with Crippen LogP contribution in [0.1, 0.15) is 31.7 Å². The molecule has 1 amide bonds. The summed E-state index contributed by atoms with van der Waals surface area (Å²) >= 11 is 0. The van der Waals surface area contributed by atoms with E-state index in [9.17, 15) is 4.79 Å². The lowest BCUT2D eigenvalue weighted by Gasteiger charge is -2.14. The number of carbonyl (C=O) groups excluding carboxylic acids is 1. The van der Waals surface area contributed by atoms with Crippen LogP contribution in [0.4, 0.5) is 0 Å². The molecule has 3 rings (SSSR count). The summed E-state index contributed by atoms with van der Waals surface area (Å²) in [5.41, 5.74) is 1.72. The highest BCUT2D eigenvalue weighted by Gasteiger charge is 2.11. The molecule has 27 heavy (non-hydrogen) atoms. The highest BCUT2D eigenvalue weighted by molar-refractivity contribution is 5.76. The van der Waals surface area contributed by atoms with Crippen molar-refractivity contribution in [1.29, 1.82) is 0 Å². The lowest BCUT2D eigenvalue weighted by Crippen LogP contribution is -2.23. The number of carbonyl (C=O) groups is 1. The van der Waals surface area contributed by atoms with Crippen molar-refractivity contribution in [2.75, 3.05) is 0 Å². The first-order valence-corrected chi connectivity index (χ1v) is 8.86. The normalized spacial score (nSPS) is 10.8. The largest absolute Gasteiger partial charge is 0.491 e. The number of amides is 1. The molecule has 0 unspecified atom stereocenters. The van der Waals surface area contributed by atoms with Gasteiger partial charge in [-0.2, -0.15) is 4.98 Å². The number of hydrogen-bond donors (Lipinski definition) is 1. The Hall–Kier alpha value is -3.22. The van der Waals surface area contributed by atoms with Gasteiger partial charge < -0.3 is 14.6 Å². The summed E-state index contributed by atoms with van der Waals surface area (Å²) in [4.78, 5) is 20.5. The number of aryl methyl sites for hydroxylation is 1. The van der Waals surface area contributed by atoms with Crippen LogP contribution in [0.2, 0.25) is 0 Å². The Kier molecular flexibility index (Phi) is 6.14. The van der Waals surface area contributed by atoms with E-state index in [1.54, 1.807) is 18.5 Å². The van der Waals surface area contributed by atoms with Crippen molar-refractivity contribution in [2.24, 2.45) is 0 Å². The summed E-state index contributed by atoms with van der Waals surface area (Å²) in [6.45, 7) is 4.35. The van der Waals surface area contributed by atoms with Crippen LogP contribution in [-0.2, 0) is 17.8 Å². The third-order valence-electron chi connectivity index (χ3n) is 3.77. The fourth-order valence-corrected chi connectivity index (χ4v) is 2.49. The summed E-state index contributed by atoms with van der Waals surface area (Å²) < 4.78 is 11.0. The van der Waals surface area contributed by atoms with E-state index in [1.807, 2.05) is 44.2 Å². The maximum absolute atomic E-state index is 12.1. The van der Waals surface area contributed by atoms with Gasteiger partial charge in [0.25, 0.3) is 0 Å². The third-order valence-corrected chi connectivity index (χ3v) is 3.77. The van der Waals surface area contributed by atoms with E-state index < -0.39 is 0 Å². The Morgan fingerprint density at radius 2 is 2.07 bits per heavy atom. The Balaban J connectivity index is 1.50. The highest BCUT2D eigenvalue weighted by atomic mass is 16.5. The van der Waals surface area contributed by atoms with Crippen LogP contribution in [0.3, 0.4) is 0 Å². The molecule has 7 nitrogen and oxygen atoms in total.